The number of carbonyl (C=O) groups excluding carboxylic acids is 2. The first kappa shape index (κ1) is 13.5. The standard InChI is InChI=1S/C14H18N2O3/c1-16(19-2)14(18)11-8-9-12(17)15-13(11)10-6-4-3-5-7-10/h3-7,11,13H,8-9H2,1-2H3,(H,15,17)/t11?,13-/m0/s1. The molecule has 102 valence electrons. The molecule has 0 saturated carbocycles. The molecule has 1 saturated heterocycles. The van der Waals surface area contributed by atoms with E-state index in [-0.39, 0.29) is 23.8 Å². The largest absolute Gasteiger partial charge is 0.348 e. The molecule has 1 aromatic carbocycles. The van der Waals surface area contributed by atoms with Crippen LogP contribution in [0.15, 0.2) is 30.3 Å². The maximum absolute atomic E-state index is 12.3. The molecule has 1 N–H and O–H groups in total. The van der Waals surface area contributed by atoms with Crippen LogP contribution in [0.5, 0.6) is 0 Å². The second kappa shape index (κ2) is 5.84. The lowest BCUT2D eigenvalue weighted by atomic mass is 9.85. The van der Waals surface area contributed by atoms with E-state index in [0.717, 1.165) is 5.56 Å². The Morgan fingerprint density at radius 2 is 2.05 bits per heavy atom. The molecule has 0 bridgehead atoms. The predicted octanol–water partition coefficient (Wildman–Crippen LogP) is 1.27. The summed E-state index contributed by atoms with van der Waals surface area (Å²) in [6.07, 6.45) is 0.912. The van der Waals surface area contributed by atoms with Crippen molar-refractivity contribution in [1.82, 2.24) is 10.4 Å². The van der Waals surface area contributed by atoms with E-state index in [0.29, 0.717) is 12.8 Å². The third kappa shape index (κ3) is 2.93. The van der Waals surface area contributed by atoms with Crippen molar-refractivity contribution >= 4 is 11.8 Å². The van der Waals surface area contributed by atoms with E-state index in [1.54, 1.807) is 7.05 Å². The quantitative estimate of drug-likeness (QED) is 0.835. The third-order valence-electron chi connectivity index (χ3n) is 3.46. The molecule has 2 atom stereocenters. The lowest BCUT2D eigenvalue weighted by molar-refractivity contribution is -0.175. The minimum absolute atomic E-state index is 0.0158. The first-order valence-electron chi connectivity index (χ1n) is 6.29. The van der Waals surface area contributed by atoms with Crippen LogP contribution >= 0.6 is 0 Å². The van der Waals surface area contributed by atoms with Crippen molar-refractivity contribution in [2.45, 2.75) is 18.9 Å². The van der Waals surface area contributed by atoms with E-state index in [1.807, 2.05) is 30.3 Å². The van der Waals surface area contributed by atoms with E-state index in [9.17, 15) is 9.59 Å². The Kier molecular flexibility index (Phi) is 4.16. The number of rotatable bonds is 3. The molecule has 5 heteroatoms. The van der Waals surface area contributed by atoms with Crippen LogP contribution in [0.2, 0.25) is 0 Å². The Labute approximate surface area is 112 Å². The second-order valence-electron chi connectivity index (χ2n) is 4.62. The zero-order valence-corrected chi connectivity index (χ0v) is 11.1. The first-order valence-corrected chi connectivity index (χ1v) is 6.29. The van der Waals surface area contributed by atoms with E-state index >= 15 is 0 Å². The zero-order valence-electron chi connectivity index (χ0n) is 11.1. The van der Waals surface area contributed by atoms with Gasteiger partial charge >= 0.3 is 0 Å². The first-order chi connectivity index (χ1) is 9.13. The van der Waals surface area contributed by atoms with Crippen LogP contribution in [0.3, 0.4) is 0 Å². The van der Waals surface area contributed by atoms with Gasteiger partial charge in [0.25, 0.3) is 5.91 Å². The summed E-state index contributed by atoms with van der Waals surface area (Å²) in [5.41, 5.74) is 0.943. The highest BCUT2D eigenvalue weighted by atomic mass is 16.7. The maximum atomic E-state index is 12.3. The monoisotopic (exact) mass is 262 g/mol. The fourth-order valence-electron chi connectivity index (χ4n) is 2.37. The molecule has 0 radical (unpaired) electrons. The molecule has 1 aliphatic rings. The smallest absolute Gasteiger partial charge is 0.251 e. The number of benzene rings is 1. The third-order valence-corrected chi connectivity index (χ3v) is 3.46. The average Bonchev–Trinajstić information content (AvgIpc) is 2.46. The number of nitrogens with zero attached hydrogens (tertiary/aromatic N) is 1. The molecular formula is C14H18N2O3. The van der Waals surface area contributed by atoms with Gasteiger partial charge in [-0.25, -0.2) is 5.06 Å². The van der Waals surface area contributed by atoms with Gasteiger partial charge in [0.2, 0.25) is 5.91 Å². The van der Waals surface area contributed by atoms with Crippen LogP contribution in [0.25, 0.3) is 0 Å². The van der Waals surface area contributed by atoms with Crippen molar-refractivity contribution in [3.05, 3.63) is 35.9 Å². The van der Waals surface area contributed by atoms with Crippen LogP contribution in [-0.4, -0.2) is 31.0 Å². The predicted molar refractivity (Wildman–Crippen MR) is 69.8 cm³/mol. The molecule has 1 aliphatic heterocycles. The summed E-state index contributed by atoms with van der Waals surface area (Å²) >= 11 is 0. The van der Waals surface area contributed by atoms with Crippen molar-refractivity contribution in [3.63, 3.8) is 0 Å². The van der Waals surface area contributed by atoms with Crippen molar-refractivity contribution < 1.29 is 14.4 Å². The molecule has 1 heterocycles. The number of amides is 2. The van der Waals surface area contributed by atoms with Crippen molar-refractivity contribution in [2.24, 2.45) is 5.92 Å². The lowest BCUT2D eigenvalue weighted by Gasteiger charge is -2.33. The fraction of sp³-hybridized carbons (Fsp3) is 0.429. The number of hydrogen-bond donors (Lipinski definition) is 1. The van der Waals surface area contributed by atoms with E-state index in [2.05, 4.69) is 5.32 Å². The SMILES string of the molecule is CON(C)C(=O)C1CCC(=O)N[C@H]1c1ccccc1. The van der Waals surface area contributed by atoms with Crippen LogP contribution < -0.4 is 5.32 Å². The maximum Gasteiger partial charge on any atom is 0.251 e. The van der Waals surface area contributed by atoms with Crippen LogP contribution in [0.4, 0.5) is 0 Å². The fourth-order valence-corrected chi connectivity index (χ4v) is 2.37. The molecule has 0 aromatic heterocycles. The van der Waals surface area contributed by atoms with Crippen molar-refractivity contribution in [3.8, 4) is 0 Å². The van der Waals surface area contributed by atoms with Crippen LogP contribution in [0, 0.1) is 5.92 Å². The van der Waals surface area contributed by atoms with Gasteiger partial charge in [-0.1, -0.05) is 30.3 Å². The van der Waals surface area contributed by atoms with E-state index in [1.165, 1.54) is 12.2 Å². The summed E-state index contributed by atoms with van der Waals surface area (Å²) in [6, 6.07) is 9.27. The van der Waals surface area contributed by atoms with E-state index in [4.69, 9.17) is 4.84 Å². The van der Waals surface area contributed by atoms with Crippen molar-refractivity contribution in [1.29, 1.82) is 0 Å². The van der Waals surface area contributed by atoms with Gasteiger partial charge < -0.3 is 5.32 Å². The molecular weight excluding hydrogens is 244 g/mol. The summed E-state index contributed by atoms with van der Waals surface area (Å²) in [6.45, 7) is 0. The topological polar surface area (TPSA) is 58.6 Å². The van der Waals surface area contributed by atoms with Crippen LogP contribution in [-0.2, 0) is 14.4 Å². The molecule has 2 amide bonds. The Hall–Kier alpha value is -1.88. The van der Waals surface area contributed by atoms with E-state index < -0.39 is 0 Å². The van der Waals surface area contributed by atoms with Crippen molar-refractivity contribution in [2.75, 3.05) is 14.2 Å². The molecule has 5 nitrogen and oxygen atoms in total. The molecule has 19 heavy (non-hydrogen) atoms. The number of carbonyl (C=O) groups is 2. The van der Waals surface area contributed by atoms with Gasteiger partial charge in [0.1, 0.15) is 0 Å². The molecule has 2 rings (SSSR count). The average molecular weight is 262 g/mol. The van der Waals surface area contributed by atoms with Gasteiger partial charge in [0, 0.05) is 13.5 Å². The summed E-state index contributed by atoms with van der Waals surface area (Å²) in [5, 5.41) is 4.12. The summed E-state index contributed by atoms with van der Waals surface area (Å²) in [4.78, 5) is 28.8. The van der Waals surface area contributed by atoms with Gasteiger partial charge in [-0.3, -0.25) is 14.4 Å². The summed E-state index contributed by atoms with van der Waals surface area (Å²) < 4.78 is 0. The highest BCUT2D eigenvalue weighted by Gasteiger charge is 2.36. The highest BCUT2D eigenvalue weighted by molar-refractivity contribution is 5.84. The normalized spacial score (nSPS) is 22.7. The van der Waals surface area contributed by atoms with Crippen LogP contribution in [0.1, 0.15) is 24.4 Å². The Morgan fingerprint density at radius 1 is 1.37 bits per heavy atom. The minimum Gasteiger partial charge on any atom is -0.348 e. The molecule has 1 fully saturated rings. The molecule has 1 aromatic rings. The lowest BCUT2D eigenvalue weighted by Crippen LogP contribution is -2.45. The molecule has 0 spiro atoms. The number of piperidine rings is 1. The van der Waals surface area contributed by atoms with Gasteiger partial charge in [-0.05, 0) is 12.0 Å². The Bertz CT molecular complexity index is 461. The van der Waals surface area contributed by atoms with Gasteiger partial charge in [-0.15, -0.1) is 0 Å². The highest BCUT2D eigenvalue weighted by Crippen LogP contribution is 2.30. The summed E-state index contributed by atoms with van der Waals surface area (Å²) in [7, 11) is 3.04. The molecule has 1 unspecified atom stereocenters. The molecule has 0 aliphatic carbocycles. The Morgan fingerprint density at radius 3 is 2.68 bits per heavy atom. The zero-order chi connectivity index (χ0) is 13.8. The number of hydroxylamine groups is 2. The summed E-state index contributed by atoms with van der Waals surface area (Å²) in [5.74, 6) is -0.417. The van der Waals surface area contributed by atoms with Gasteiger partial charge in [0.05, 0.1) is 19.1 Å². The number of hydrogen-bond acceptors (Lipinski definition) is 3. The Balaban J connectivity index is 2.25. The number of nitrogens with one attached hydrogen (secondary N) is 1. The van der Waals surface area contributed by atoms with Gasteiger partial charge in [-0.2, -0.15) is 0 Å². The van der Waals surface area contributed by atoms with Gasteiger partial charge in [0.15, 0.2) is 0 Å². The second-order valence-corrected chi connectivity index (χ2v) is 4.62. The minimum atomic E-state index is -0.287.